The van der Waals surface area contributed by atoms with E-state index in [1.807, 2.05) is 0 Å². The standard InChI is InChI=1S/C7H9N3O2S/c8-3-5(11)10-7-4(6(9)12)1-2-13-7/h1-2H,3,8H2,(H2,9,12)(H,10,11). The largest absolute Gasteiger partial charge is 0.366 e. The monoisotopic (exact) mass is 199 g/mol. The van der Waals surface area contributed by atoms with Gasteiger partial charge in [0.2, 0.25) is 5.91 Å². The number of carbonyl (C=O) groups is 2. The number of thiophene rings is 1. The Morgan fingerprint density at radius 3 is 2.77 bits per heavy atom. The van der Waals surface area contributed by atoms with Crippen LogP contribution in [0, 0.1) is 0 Å². The molecule has 0 saturated carbocycles. The van der Waals surface area contributed by atoms with Gasteiger partial charge in [-0.05, 0) is 11.4 Å². The third kappa shape index (κ3) is 2.27. The molecule has 5 nitrogen and oxygen atoms in total. The minimum atomic E-state index is -0.562. The van der Waals surface area contributed by atoms with E-state index in [2.05, 4.69) is 5.32 Å². The van der Waals surface area contributed by atoms with Crippen LogP contribution in [0.2, 0.25) is 0 Å². The molecule has 0 aromatic carbocycles. The summed E-state index contributed by atoms with van der Waals surface area (Å²) in [6.07, 6.45) is 0. The lowest BCUT2D eigenvalue weighted by Crippen LogP contribution is -2.23. The zero-order valence-corrected chi connectivity index (χ0v) is 7.56. The van der Waals surface area contributed by atoms with Gasteiger partial charge < -0.3 is 16.8 Å². The third-order valence-electron chi connectivity index (χ3n) is 1.37. The van der Waals surface area contributed by atoms with E-state index in [1.54, 1.807) is 11.4 Å². The third-order valence-corrected chi connectivity index (χ3v) is 2.20. The van der Waals surface area contributed by atoms with Crippen LogP contribution in [0.25, 0.3) is 0 Å². The van der Waals surface area contributed by atoms with Crippen molar-refractivity contribution in [1.29, 1.82) is 0 Å². The molecule has 0 aliphatic rings. The van der Waals surface area contributed by atoms with Gasteiger partial charge in [-0.3, -0.25) is 9.59 Å². The van der Waals surface area contributed by atoms with E-state index in [-0.39, 0.29) is 12.5 Å². The SMILES string of the molecule is NCC(=O)Nc1sccc1C(N)=O. The Labute approximate surface area is 78.7 Å². The van der Waals surface area contributed by atoms with Crippen LogP contribution in [0.3, 0.4) is 0 Å². The molecule has 0 fully saturated rings. The van der Waals surface area contributed by atoms with Crippen molar-refractivity contribution in [3.8, 4) is 0 Å². The molecule has 6 heteroatoms. The number of hydrogen-bond acceptors (Lipinski definition) is 4. The molecular formula is C7H9N3O2S. The molecule has 70 valence electrons. The van der Waals surface area contributed by atoms with E-state index in [9.17, 15) is 9.59 Å². The van der Waals surface area contributed by atoms with Gasteiger partial charge in [0.1, 0.15) is 5.00 Å². The van der Waals surface area contributed by atoms with Gasteiger partial charge in [-0.25, -0.2) is 0 Å². The number of anilines is 1. The van der Waals surface area contributed by atoms with Gasteiger partial charge >= 0.3 is 0 Å². The van der Waals surface area contributed by atoms with Crippen molar-refractivity contribution < 1.29 is 9.59 Å². The van der Waals surface area contributed by atoms with E-state index < -0.39 is 5.91 Å². The fraction of sp³-hybridized carbons (Fsp3) is 0.143. The normalized spacial score (nSPS) is 9.62. The predicted molar refractivity (Wildman–Crippen MR) is 50.5 cm³/mol. The van der Waals surface area contributed by atoms with Crippen LogP contribution in [0.1, 0.15) is 10.4 Å². The summed E-state index contributed by atoms with van der Waals surface area (Å²) in [4.78, 5) is 21.7. The average molecular weight is 199 g/mol. The number of rotatable bonds is 3. The molecule has 0 bridgehead atoms. The maximum absolute atomic E-state index is 10.9. The van der Waals surface area contributed by atoms with E-state index in [0.717, 1.165) is 0 Å². The first-order valence-electron chi connectivity index (χ1n) is 3.52. The first kappa shape index (κ1) is 9.69. The molecule has 1 heterocycles. The van der Waals surface area contributed by atoms with Crippen molar-refractivity contribution in [2.24, 2.45) is 11.5 Å². The van der Waals surface area contributed by atoms with Crippen molar-refractivity contribution in [3.05, 3.63) is 17.0 Å². The van der Waals surface area contributed by atoms with Crippen molar-refractivity contribution in [3.63, 3.8) is 0 Å². The Kier molecular flexibility index (Phi) is 2.99. The first-order valence-corrected chi connectivity index (χ1v) is 4.40. The summed E-state index contributed by atoms with van der Waals surface area (Å²) < 4.78 is 0. The van der Waals surface area contributed by atoms with Crippen LogP contribution in [0.5, 0.6) is 0 Å². The molecule has 0 atom stereocenters. The highest BCUT2D eigenvalue weighted by molar-refractivity contribution is 7.14. The van der Waals surface area contributed by atoms with E-state index in [4.69, 9.17) is 11.5 Å². The minimum absolute atomic E-state index is 0.115. The van der Waals surface area contributed by atoms with Crippen molar-refractivity contribution >= 4 is 28.2 Å². The highest BCUT2D eigenvalue weighted by Crippen LogP contribution is 2.22. The second-order valence-corrected chi connectivity index (χ2v) is 3.20. The molecule has 1 aromatic rings. The van der Waals surface area contributed by atoms with Gasteiger partial charge in [0, 0.05) is 0 Å². The van der Waals surface area contributed by atoms with Crippen molar-refractivity contribution in [1.82, 2.24) is 0 Å². The summed E-state index contributed by atoms with van der Waals surface area (Å²) in [6, 6.07) is 1.55. The maximum atomic E-state index is 10.9. The molecule has 1 rings (SSSR count). The molecule has 0 radical (unpaired) electrons. The zero-order valence-electron chi connectivity index (χ0n) is 6.74. The molecule has 13 heavy (non-hydrogen) atoms. The highest BCUT2D eigenvalue weighted by atomic mass is 32.1. The molecule has 2 amide bonds. The first-order chi connectivity index (χ1) is 6.15. The summed E-state index contributed by atoms with van der Waals surface area (Å²) in [5.74, 6) is -0.904. The maximum Gasteiger partial charge on any atom is 0.251 e. The summed E-state index contributed by atoms with van der Waals surface area (Å²) in [6.45, 7) is -0.115. The summed E-state index contributed by atoms with van der Waals surface area (Å²) in [7, 11) is 0. The van der Waals surface area contributed by atoms with Crippen LogP contribution in [-0.2, 0) is 4.79 Å². The van der Waals surface area contributed by atoms with E-state index >= 15 is 0 Å². The number of primary amides is 1. The van der Waals surface area contributed by atoms with Gasteiger partial charge in [0.05, 0.1) is 12.1 Å². The zero-order chi connectivity index (χ0) is 9.84. The Morgan fingerprint density at radius 1 is 1.54 bits per heavy atom. The highest BCUT2D eigenvalue weighted by Gasteiger charge is 2.10. The van der Waals surface area contributed by atoms with E-state index in [1.165, 1.54) is 11.3 Å². The molecular weight excluding hydrogens is 190 g/mol. The number of nitrogens with one attached hydrogen (secondary N) is 1. The lowest BCUT2D eigenvalue weighted by Gasteiger charge is -2.01. The Hall–Kier alpha value is -1.40. The second kappa shape index (κ2) is 4.01. The lowest BCUT2D eigenvalue weighted by molar-refractivity contribution is -0.114. The van der Waals surface area contributed by atoms with Crippen molar-refractivity contribution in [2.75, 3.05) is 11.9 Å². The summed E-state index contributed by atoms with van der Waals surface area (Å²) in [5.41, 5.74) is 10.5. The molecule has 5 N–H and O–H groups in total. The number of carbonyl (C=O) groups excluding carboxylic acids is 2. The quantitative estimate of drug-likeness (QED) is 0.625. The Bertz CT molecular complexity index is 334. The summed E-state index contributed by atoms with van der Waals surface area (Å²) >= 11 is 1.23. The van der Waals surface area contributed by atoms with Gasteiger partial charge in [-0.1, -0.05) is 0 Å². The molecule has 0 aliphatic heterocycles. The van der Waals surface area contributed by atoms with Crippen LogP contribution in [0.4, 0.5) is 5.00 Å². The Balaban J connectivity index is 2.82. The minimum Gasteiger partial charge on any atom is -0.366 e. The van der Waals surface area contributed by atoms with Crippen LogP contribution in [0.15, 0.2) is 11.4 Å². The number of nitrogens with two attached hydrogens (primary N) is 2. The van der Waals surface area contributed by atoms with Gasteiger partial charge in [0.15, 0.2) is 0 Å². The molecule has 0 unspecified atom stereocenters. The predicted octanol–water partition coefficient (Wildman–Crippen LogP) is -0.256. The molecule has 0 spiro atoms. The average Bonchev–Trinajstić information content (AvgIpc) is 2.52. The van der Waals surface area contributed by atoms with E-state index in [0.29, 0.717) is 10.6 Å². The topological polar surface area (TPSA) is 98.2 Å². The van der Waals surface area contributed by atoms with Crippen LogP contribution < -0.4 is 16.8 Å². The van der Waals surface area contributed by atoms with Crippen LogP contribution >= 0.6 is 11.3 Å². The van der Waals surface area contributed by atoms with Gasteiger partial charge in [0.25, 0.3) is 5.91 Å². The van der Waals surface area contributed by atoms with Crippen LogP contribution in [-0.4, -0.2) is 18.4 Å². The number of hydrogen-bond donors (Lipinski definition) is 3. The lowest BCUT2D eigenvalue weighted by atomic mass is 10.3. The molecule has 0 saturated heterocycles. The fourth-order valence-electron chi connectivity index (χ4n) is 0.778. The second-order valence-electron chi connectivity index (χ2n) is 2.28. The number of amides is 2. The summed E-state index contributed by atoms with van der Waals surface area (Å²) in [5, 5.41) is 4.60. The van der Waals surface area contributed by atoms with Gasteiger partial charge in [-0.2, -0.15) is 0 Å². The van der Waals surface area contributed by atoms with Gasteiger partial charge in [-0.15, -0.1) is 11.3 Å². The van der Waals surface area contributed by atoms with Crippen molar-refractivity contribution in [2.45, 2.75) is 0 Å². The fourth-order valence-corrected chi connectivity index (χ4v) is 1.59. The Morgan fingerprint density at radius 2 is 2.23 bits per heavy atom. The smallest absolute Gasteiger partial charge is 0.251 e. The molecule has 1 aromatic heterocycles. The molecule has 0 aliphatic carbocycles.